The first-order valence-electron chi connectivity index (χ1n) is 28.0. The molecule has 0 amide bonds. The molecule has 12 heteroatoms. The smallest absolute Gasteiger partial charge is 0.148 e. The van der Waals surface area contributed by atoms with Crippen molar-refractivity contribution in [2.24, 2.45) is 5.92 Å². The molecule has 0 saturated heterocycles. The van der Waals surface area contributed by atoms with Crippen molar-refractivity contribution in [3.05, 3.63) is 272 Å². The minimum atomic E-state index is -0.682. The van der Waals surface area contributed by atoms with Gasteiger partial charge in [0, 0.05) is 102 Å². The molecular formula is C74H42F4N2O6. The second kappa shape index (κ2) is 19.2. The largest absolute Gasteiger partial charge is 0.485 e. The Morgan fingerprint density at radius 2 is 0.756 bits per heavy atom. The van der Waals surface area contributed by atoms with Gasteiger partial charge in [-0.1, -0.05) is 72.8 Å². The van der Waals surface area contributed by atoms with Crippen LogP contribution in [0.1, 0.15) is 5.56 Å². The fourth-order valence-corrected chi connectivity index (χ4v) is 12.2. The Morgan fingerprint density at radius 1 is 0.326 bits per heavy atom. The van der Waals surface area contributed by atoms with Gasteiger partial charge in [-0.15, -0.1) is 0 Å². The highest BCUT2D eigenvalue weighted by Crippen LogP contribution is 2.47. The number of para-hydroxylation sites is 3. The summed E-state index contributed by atoms with van der Waals surface area (Å²) >= 11 is 0. The number of halogens is 4. The lowest BCUT2D eigenvalue weighted by Gasteiger charge is -2.26. The van der Waals surface area contributed by atoms with Crippen LogP contribution >= 0.6 is 0 Å². The number of furan rings is 5. The molecule has 15 aromatic rings. The number of allylic oxidation sites excluding steroid dienone is 2. The molecule has 1 aliphatic heterocycles. The highest BCUT2D eigenvalue weighted by atomic mass is 19.1. The van der Waals surface area contributed by atoms with Crippen molar-refractivity contribution >= 4 is 117 Å². The fourth-order valence-electron chi connectivity index (χ4n) is 12.2. The number of fused-ring (bicyclic) bond motifs is 10. The van der Waals surface area contributed by atoms with E-state index in [1.807, 2.05) is 182 Å². The van der Waals surface area contributed by atoms with Crippen LogP contribution in [0, 0.1) is 29.2 Å². The minimum Gasteiger partial charge on any atom is -0.485 e. The summed E-state index contributed by atoms with van der Waals surface area (Å²) in [5, 5.41) is 5.51. The molecule has 86 heavy (non-hydrogen) atoms. The molecule has 0 radical (unpaired) electrons. The van der Waals surface area contributed by atoms with E-state index in [0.717, 1.165) is 60.2 Å². The number of nitrogens with zero attached hydrogens (tertiary/aromatic N) is 2. The number of benzene rings is 10. The molecule has 0 N–H and O–H groups in total. The highest BCUT2D eigenvalue weighted by molar-refractivity contribution is 6.15. The number of anilines is 6. The molecule has 17 rings (SSSR count). The van der Waals surface area contributed by atoms with E-state index in [9.17, 15) is 0 Å². The van der Waals surface area contributed by atoms with Gasteiger partial charge in [-0.3, -0.25) is 0 Å². The number of hydrogen-bond donors (Lipinski definition) is 0. The molecule has 2 atom stereocenters. The summed E-state index contributed by atoms with van der Waals surface area (Å²) in [7, 11) is 0. The lowest BCUT2D eigenvalue weighted by Crippen LogP contribution is -2.13. The molecule has 10 aromatic carbocycles. The molecule has 2 aliphatic rings. The summed E-state index contributed by atoms with van der Waals surface area (Å²) in [6.45, 7) is 0. The molecule has 1 aliphatic carbocycles. The third kappa shape index (κ3) is 8.12. The van der Waals surface area contributed by atoms with Crippen molar-refractivity contribution < 1.29 is 44.4 Å². The zero-order valence-corrected chi connectivity index (χ0v) is 45.1. The van der Waals surface area contributed by atoms with Gasteiger partial charge >= 0.3 is 0 Å². The minimum absolute atomic E-state index is 0.00853. The Bertz CT molecular complexity index is 5270. The monoisotopic (exact) mass is 1130 g/mol. The molecule has 0 saturated carbocycles. The van der Waals surface area contributed by atoms with Crippen molar-refractivity contribution in [3.8, 4) is 34.0 Å². The van der Waals surface area contributed by atoms with Gasteiger partial charge in [-0.05, 0) is 146 Å². The van der Waals surface area contributed by atoms with E-state index in [1.54, 1.807) is 34.1 Å². The molecule has 5 aromatic heterocycles. The van der Waals surface area contributed by atoms with Crippen molar-refractivity contribution in [3.63, 3.8) is 0 Å². The predicted octanol–water partition coefficient (Wildman–Crippen LogP) is 21.7. The van der Waals surface area contributed by atoms with Crippen LogP contribution in [-0.2, 0) is 4.74 Å². The van der Waals surface area contributed by atoms with Gasteiger partial charge < -0.3 is 36.6 Å². The molecular weight excluding hydrogens is 1090 g/mol. The van der Waals surface area contributed by atoms with Crippen LogP contribution < -0.4 is 9.80 Å². The zero-order chi connectivity index (χ0) is 57.3. The van der Waals surface area contributed by atoms with Gasteiger partial charge in [0.1, 0.15) is 91.5 Å². The van der Waals surface area contributed by atoms with E-state index in [4.69, 9.17) is 26.8 Å². The lowest BCUT2D eigenvalue weighted by atomic mass is 9.98. The molecule has 2 unspecified atom stereocenters. The van der Waals surface area contributed by atoms with Gasteiger partial charge in [-0.25, -0.2) is 17.6 Å². The average Bonchev–Trinajstić information content (AvgIpc) is 1.98. The van der Waals surface area contributed by atoms with Crippen LogP contribution in [0.25, 0.3) is 117 Å². The maximum absolute atomic E-state index is 16.9. The van der Waals surface area contributed by atoms with Crippen LogP contribution in [0.2, 0.25) is 0 Å². The van der Waals surface area contributed by atoms with Crippen molar-refractivity contribution in [1.82, 2.24) is 0 Å². The molecule has 0 bridgehead atoms. The lowest BCUT2D eigenvalue weighted by molar-refractivity contribution is 0.213. The summed E-state index contributed by atoms with van der Waals surface area (Å²) in [5.41, 5.74) is 7.65. The van der Waals surface area contributed by atoms with Crippen molar-refractivity contribution in [2.45, 2.75) is 6.10 Å². The van der Waals surface area contributed by atoms with E-state index in [1.165, 1.54) is 24.3 Å². The summed E-state index contributed by atoms with van der Waals surface area (Å²) in [6.07, 6.45) is 10.1. The summed E-state index contributed by atoms with van der Waals surface area (Å²) < 4.78 is 105. The summed E-state index contributed by atoms with van der Waals surface area (Å²) in [5.74, 6) is -0.763. The first-order chi connectivity index (χ1) is 42.2. The molecule has 8 nitrogen and oxygen atoms in total. The standard InChI is InChI=1S/C74H42F4N2O6/c75-57-39-61(59(77)35-55(57)69-31-45-11-3-7-15-65(45)83-69)79(47-21-17-41(18-22-47)67-29-43-9-1-5-13-63(43)81-67)49-25-27-51-53-37-74-54(38-73(53)85-71(51)33-49)52-28-26-50(34-72(52)86-74)80(48-23-19-42(20-24-48)68-30-44-10-2-6-14-64(44)82-68)62-40-58(76)56(36-60(62)78)70-32-46-12-4-8-16-66(46)84-70/h1-40,43,63H. The van der Waals surface area contributed by atoms with Gasteiger partial charge in [0.2, 0.25) is 0 Å². The van der Waals surface area contributed by atoms with Gasteiger partial charge in [0.25, 0.3) is 0 Å². The average molecular weight is 1130 g/mol. The van der Waals surface area contributed by atoms with Crippen LogP contribution in [0.3, 0.4) is 0 Å². The first-order valence-corrected chi connectivity index (χ1v) is 28.0. The quantitative estimate of drug-likeness (QED) is 0.125. The Balaban J connectivity index is 0.747. The van der Waals surface area contributed by atoms with Crippen molar-refractivity contribution in [2.75, 3.05) is 9.80 Å². The molecule has 412 valence electrons. The fraction of sp³-hybridized carbons (Fsp3) is 0.0270. The number of hydrogen-bond acceptors (Lipinski definition) is 8. The molecule has 0 spiro atoms. The van der Waals surface area contributed by atoms with Gasteiger partial charge in [0.05, 0.1) is 22.5 Å². The maximum atomic E-state index is 16.9. The van der Waals surface area contributed by atoms with E-state index in [0.29, 0.717) is 62.0 Å². The zero-order valence-electron chi connectivity index (χ0n) is 45.1. The van der Waals surface area contributed by atoms with E-state index < -0.39 is 23.3 Å². The Morgan fingerprint density at radius 3 is 1.24 bits per heavy atom. The van der Waals surface area contributed by atoms with Gasteiger partial charge in [-0.2, -0.15) is 0 Å². The van der Waals surface area contributed by atoms with E-state index in [-0.39, 0.29) is 46.0 Å². The summed E-state index contributed by atoms with van der Waals surface area (Å²) in [6, 6.07) is 62.4. The molecule has 0 fully saturated rings. The predicted molar refractivity (Wildman–Crippen MR) is 330 cm³/mol. The third-order valence-electron chi connectivity index (χ3n) is 16.5. The Hall–Kier alpha value is -11.2. The van der Waals surface area contributed by atoms with Crippen molar-refractivity contribution in [1.29, 1.82) is 0 Å². The summed E-state index contributed by atoms with van der Waals surface area (Å²) in [4.78, 5) is 3.32. The van der Waals surface area contributed by atoms with E-state index >= 15 is 17.6 Å². The Labute approximate surface area is 486 Å². The van der Waals surface area contributed by atoms with Crippen LogP contribution in [0.15, 0.2) is 265 Å². The third-order valence-corrected chi connectivity index (χ3v) is 16.5. The number of rotatable bonds is 10. The SMILES string of the molecule is Fc1cc(N(c2ccc(C3=CC4C=CC=CC4O3)cc2)c2ccc3c(c2)oc2cc4c(cc23)oc2cc(N(c3ccc(-c5cc6ccccc6o5)cc3)c3cc(F)c(-c5cc6ccccc6o5)cc3F)ccc24)c(F)cc1-c1cc2ccccc2o1. The first kappa shape index (κ1) is 49.4. The Kier molecular flexibility index (Phi) is 11.0. The van der Waals surface area contributed by atoms with E-state index in [2.05, 4.69) is 12.2 Å². The normalized spacial score (nSPS) is 14.8. The van der Waals surface area contributed by atoms with Crippen LogP contribution in [-0.4, -0.2) is 6.10 Å². The topological polar surface area (TPSA) is 81.4 Å². The second-order valence-corrected chi connectivity index (χ2v) is 21.6. The maximum Gasteiger partial charge on any atom is 0.148 e. The second-order valence-electron chi connectivity index (χ2n) is 21.6. The number of ether oxygens (including phenoxy) is 1. The molecule has 6 heterocycles. The van der Waals surface area contributed by atoms with Gasteiger partial charge in [0.15, 0.2) is 0 Å². The van der Waals surface area contributed by atoms with Crippen LogP contribution in [0.5, 0.6) is 0 Å². The van der Waals surface area contributed by atoms with Crippen LogP contribution in [0.4, 0.5) is 51.7 Å². The highest BCUT2D eigenvalue weighted by Gasteiger charge is 2.29.